The summed E-state index contributed by atoms with van der Waals surface area (Å²) in [6.45, 7) is 1.57. The smallest absolute Gasteiger partial charge is 0.291 e. The van der Waals surface area contributed by atoms with Crippen molar-refractivity contribution in [3.63, 3.8) is 0 Å². The first-order chi connectivity index (χ1) is 15.5. The van der Waals surface area contributed by atoms with Gasteiger partial charge in [-0.05, 0) is 29.8 Å². The lowest BCUT2D eigenvalue weighted by atomic mass is 10.1. The number of hydrogen-bond acceptors (Lipinski definition) is 6. The quantitative estimate of drug-likeness (QED) is 0.582. The minimum absolute atomic E-state index is 0.0808. The van der Waals surface area contributed by atoms with E-state index in [1.807, 2.05) is 0 Å². The third-order valence-corrected chi connectivity index (χ3v) is 5.02. The molecule has 3 aromatic rings. The lowest BCUT2D eigenvalue weighted by molar-refractivity contribution is -0.118. The average Bonchev–Trinajstić information content (AvgIpc) is 3.16. The van der Waals surface area contributed by atoms with E-state index in [9.17, 15) is 14.4 Å². The van der Waals surface area contributed by atoms with Crippen LogP contribution in [0.25, 0.3) is 11.0 Å². The molecule has 9 heteroatoms. The van der Waals surface area contributed by atoms with Crippen LogP contribution in [-0.4, -0.2) is 55.5 Å². The van der Waals surface area contributed by atoms with Gasteiger partial charge in [-0.15, -0.1) is 0 Å². The van der Waals surface area contributed by atoms with Gasteiger partial charge in [0, 0.05) is 18.5 Å². The van der Waals surface area contributed by atoms with E-state index in [0.29, 0.717) is 48.7 Å². The fourth-order valence-corrected chi connectivity index (χ4v) is 3.46. The normalized spacial score (nSPS) is 13.7. The van der Waals surface area contributed by atoms with Gasteiger partial charge < -0.3 is 29.8 Å². The molecule has 1 fully saturated rings. The second-order valence-electron chi connectivity index (χ2n) is 7.33. The molecule has 3 N–H and O–H groups in total. The van der Waals surface area contributed by atoms with E-state index in [4.69, 9.17) is 19.6 Å². The highest BCUT2D eigenvalue weighted by molar-refractivity contribution is 6.11. The molecule has 1 saturated heterocycles. The molecule has 0 unspecified atom stereocenters. The summed E-state index contributed by atoms with van der Waals surface area (Å²) in [6, 6.07) is 13.9. The maximum atomic E-state index is 13.0. The number of nitrogens with zero attached hydrogens (tertiary/aromatic N) is 1. The van der Waals surface area contributed by atoms with Crippen LogP contribution in [0, 0.1) is 0 Å². The number of amides is 3. The standard InChI is InChI=1S/C23H23N3O6/c24-19(27)13-15-5-7-16(8-6-15)31-14-20(28)25-21-17-3-1-2-4-18(17)32-22(21)23(29)26-9-11-30-12-10-26/h1-8H,9-14H2,(H2,24,27)(H,25,28). The molecule has 1 aromatic heterocycles. The lowest BCUT2D eigenvalue weighted by Crippen LogP contribution is -2.40. The fourth-order valence-electron chi connectivity index (χ4n) is 3.46. The van der Waals surface area contributed by atoms with E-state index in [1.54, 1.807) is 53.4 Å². The van der Waals surface area contributed by atoms with Crippen molar-refractivity contribution in [2.45, 2.75) is 6.42 Å². The third kappa shape index (κ3) is 4.89. The molecule has 0 atom stereocenters. The zero-order valence-corrected chi connectivity index (χ0v) is 17.3. The largest absolute Gasteiger partial charge is 0.484 e. The Labute approximate surface area is 184 Å². The first-order valence-electron chi connectivity index (χ1n) is 10.2. The molecule has 9 nitrogen and oxygen atoms in total. The number of furan rings is 1. The van der Waals surface area contributed by atoms with Crippen LogP contribution in [0.1, 0.15) is 16.1 Å². The summed E-state index contributed by atoms with van der Waals surface area (Å²) in [5.41, 5.74) is 6.76. The van der Waals surface area contributed by atoms with Gasteiger partial charge in [0.2, 0.25) is 11.7 Å². The van der Waals surface area contributed by atoms with Crippen LogP contribution in [0.3, 0.4) is 0 Å². The number of rotatable bonds is 7. The molecule has 1 aliphatic heterocycles. The first-order valence-corrected chi connectivity index (χ1v) is 10.2. The average molecular weight is 437 g/mol. The Morgan fingerprint density at radius 2 is 1.75 bits per heavy atom. The van der Waals surface area contributed by atoms with Crippen LogP contribution >= 0.6 is 0 Å². The number of fused-ring (bicyclic) bond motifs is 1. The summed E-state index contributed by atoms with van der Waals surface area (Å²) < 4.78 is 16.6. The van der Waals surface area contributed by atoms with Crippen LogP contribution in [-0.2, 0) is 20.7 Å². The minimum Gasteiger partial charge on any atom is -0.484 e. The summed E-state index contributed by atoms with van der Waals surface area (Å²) >= 11 is 0. The SMILES string of the molecule is NC(=O)Cc1ccc(OCC(=O)Nc2c(C(=O)N3CCOCC3)oc3ccccc23)cc1. The van der Waals surface area contributed by atoms with Gasteiger partial charge in [-0.3, -0.25) is 14.4 Å². The second-order valence-corrected chi connectivity index (χ2v) is 7.33. The number of carbonyl (C=O) groups is 3. The van der Waals surface area contributed by atoms with E-state index in [-0.39, 0.29) is 24.7 Å². The number of benzene rings is 2. The molecule has 2 aromatic carbocycles. The fraction of sp³-hybridized carbons (Fsp3) is 0.261. The van der Waals surface area contributed by atoms with Crippen molar-refractivity contribution in [1.82, 2.24) is 4.90 Å². The highest BCUT2D eigenvalue weighted by Gasteiger charge is 2.27. The van der Waals surface area contributed by atoms with Gasteiger partial charge in [0.1, 0.15) is 17.0 Å². The highest BCUT2D eigenvalue weighted by Crippen LogP contribution is 2.32. The van der Waals surface area contributed by atoms with E-state index in [1.165, 1.54) is 0 Å². The van der Waals surface area contributed by atoms with Crippen molar-refractivity contribution < 1.29 is 28.3 Å². The Kier molecular flexibility index (Phi) is 6.37. The van der Waals surface area contributed by atoms with Crippen LogP contribution in [0.4, 0.5) is 5.69 Å². The summed E-state index contributed by atoms with van der Waals surface area (Å²) in [7, 11) is 0. The van der Waals surface area contributed by atoms with E-state index in [2.05, 4.69) is 5.32 Å². The Hall–Kier alpha value is -3.85. The number of ether oxygens (including phenoxy) is 2. The summed E-state index contributed by atoms with van der Waals surface area (Å²) in [5, 5.41) is 3.40. The van der Waals surface area contributed by atoms with Crippen molar-refractivity contribution in [3.8, 4) is 5.75 Å². The van der Waals surface area contributed by atoms with Crippen LogP contribution in [0.2, 0.25) is 0 Å². The van der Waals surface area contributed by atoms with Gasteiger partial charge >= 0.3 is 0 Å². The predicted molar refractivity (Wildman–Crippen MR) is 116 cm³/mol. The molecular formula is C23H23N3O6. The van der Waals surface area contributed by atoms with Gasteiger partial charge in [-0.25, -0.2) is 0 Å². The molecular weight excluding hydrogens is 414 g/mol. The van der Waals surface area contributed by atoms with E-state index >= 15 is 0 Å². The molecule has 32 heavy (non-hydrogen) atoms. The zero-order chi connectivity index (χ0) is 22.5. The van der Waals surface area contributed by atoms with Crippen molar-refractivity contribution in [2.24, 2.45) is 5.73 Å². The molecule has 0 bridgehead atoms. The van der Waals surface area contributed by atoms with Crippen LogP contribution in [0.5, 0.6) is 5.75 Å². The number of anilines is 1. The molecule has 4 rings (SSSR count). The maximum Gasteiger partial charge on any atom is 0.291 e. The number of hydrogen-bond donors (Lipinski definition) is 2. The number of primary amides is 1. The third-order valence-electron chi connectivity index (χ3n) is 5.02. The second kappa shape index (κ2) is 9.52. The molecule has 2 heterocycles. The van der Waals surface area contributed by atoms with Gasteiger partial charge in [0.25, 0.3) is 11.8 Å². The van der Waals surface area contributed by atoms with Gasteiger partial charge in [0.05, 0.1) is 19.6 Å². The maximum absolute atomic E-state index is 13.0. The minimum atomic E-state index is -0.436. The van der Waals surface area contributed by atoms with Gasteiger partial charge in [0.15, 0.2) is 6.61 Å². The Morgan fingerprint density at radius 1 is 1.03 bits per heavy atom. The van der Waals surface area contributed by atoms with Crippen molar-refractivity contribution >= 4 is 34.4 Å². The van der Waals surface area contributed by atoms with Gasteiger partial charge in [-0.1, -0.05) is 24.3 Å². The van der Waals surface area contributed by atoms with Crippen molar-refractivity contribution in [1.29, 1.82) is 0 Å². The molecule has 0 aliphatic carbocycles. The van der Waals surface area contributed by atoms with Crippen LogP contribution < -0.4 is 15.8 Å². The molecule has 0 radical (unpaired) electrons. The number of carbonyl (C=O) groups excluding carboxylic acids is 3. The lowest BCUT2D eigenvalue weighted by Gasteiger charge is -2.26. The van der Waals surface area contributed by atoms with Crippen molar-refractivity contribution in [3.05, 3.63) is 59.9 Å². The summed E-state index contributed by atoms with van der Waals surface area (Å²) in [6.07, 6.45) is 0.133. The summed E-state index contributed by atoms with van der Waals surface area (Å²) in [4.78, 5) is 38.3. The highest BCUT2D eigenvalue weighted by atomic mass is 16.5. The molecule has 1 aliphatic rings. The molecule has 0 spiro atoms. The molecule has 166 valence electrons. The number of nitrogens with two attached hydrogens (primary N) is 1. The van der Waals surface area contributed by atoms with E-state index in [0.717, 1.165) is 5.56 Å². The number of para-hydroxylation sites is 1. The molecule has 0 saturated carbocycles. The topological polar surface area (TPSA) is 124 Å². The number of nitrogens with one attached hydrogen (secondary N) is 1. The number of morpholine rings is 1. The monoisotopic (exact) mass is 437 g/mol. The zero-order valence-electron chi connectivity index (χ0n) is 17.3. The summed E-state index contributed by atoms with van der Waals surface area (Å²) in [5.74, 6) is -0.611. The molecule has 3 amide bonds. The Morgan fingerprint density at radius 3 is 2.47 bits per heavy atom. The van der Waals surface area contributed by atoms with E-state index < -0.39 is 11.8 Å². The predicted octanol–water partition coefficient (Wildman–Crippen LogP) is 1.95. The van der Waals surface area contributed by atoms with Crippen LogP contribution in [0.15, 0.2) is 52.9 Å². The first kappa shape index (κ1) is 21.4. The van der Waals surface area contributed by atoms with Gasteiger partial charge in [-0.2, -0.15) is 0 Å². The Balaban J connectivity index is 1.47. The Bertz CT molecular complexity index is 1130. The van der Waals surface area contributed by atoms with Crippen molar-refractivity contribution in [2.75, 3.05) is 38.2 Å².